The van der Waals surface area contributed by atoms with Crippen molar-refractivity contribution in [1.82, 2.24) is 20.0 Å². The molecular formula is C46H52N4O7. The molecule has 4 aromatic rings. The smallest absolute Gasteiger partial charge is 0.408 e. The molecule has 5 atom stereocenters. The van der Waals surface area contributed by atoms with Crippen LogP contribution in [0.3, 0.4) is 0 Å². The summed E-state index contributed by atoms with van der Waals surface area (Å²) < 4.78 is 18.7. The van der Waals surface area contributed by atoms with Gasteiger partial charge in [-0.05, 0) is 84.8 Å². The number of hydrogen-bond donors (Lipinski definition) is 2. The predicted octanol–water partition coefficient (Wildman–Crippen LogP) is 6.51. The number of carbonyl (C=O) groups is 3. The summed E-state index contributed by atoms with van der Waals surface area (Å²) in [5.74, 6) is -0.796. The van der Waals surface area contributed by atoms with E-state index in [1.165, 1.54) is 43.7 Å². The highest BCUT2D eigenvalue weighted by Gasteiger charge is 2.40. The molecule has 298 valence electrons. The molecule has 4 saturated heterocycles. The van der Waals surface area contributed by atoms with E-state index in [0.29, 0.717) is 6.04 Å². The lowest BCUT2D eigenvalue weighted by Crippen LogP contribution is -2.45. The van der Waals surface area contributed by atoms with E-state index < -0.39 is 24.3 Å². The van der Waals surface area contributed by atoms with Crippen LogP contribution in [0.1, 0.15) is 78.7 Å². The highest BCUT2D eigenvalue weighted by Crippen LogP contribution is 2.39. The van der Waals surface area contributed by atoms with Crippen molar-refractivity contribution >= 4 is 17.9 Å². The molecule has 4 aliphatic heterocycles. The fraction of sp³-hybridized carbons (Fsp3) is 0.413. The highest BCUT2D eigenvalue weighted by molar-refractivity contribution is 6.06. The topological polar surface area (TPSA) is 121 Å². The molecular weight excluding hydrogens is 721 g/mol. The lowest BCUT2D eigenvalue weighted by atomic mass is 9.98. The zero-order chi connectivity index (χ0) is 39.1. The quantitative estimate of drug-likeness (QED) is 0.147. The van der Waals surface area contributed by atoms with Crippen molar-refractivity contribution < 1.29 is 33.7 Å². The lowest BCUT2D eigenvalue weighted by molar-refractivity contribution is -0.253. The fourth-order valence-corrected chi connectivity index (χ4v) is 8.63. The molecule has 0 aromatic heterocycles. The van der Waals surface area contributed by atoms with E-state index in [1.54, 1.807) is 0 Å². The van der Waals surface area contributed by atoms with Crippen LogP contribution in [0.15, 0.2) is 103 Å². The molecule has 0 aliphatic carbocycles. The maximum absolute atomic E-state index is 13.2. The minimum absolute atomic E-state index is 0.00312. The fourth-order valence-electron chi connectivity index (χ4n) is 8.63. The van der Waals surface area contributed by atoms with Crippen LogP contribution in [0.5, 0.6) is 0 Å². The Bertz CT molecular complexity index is 1990. The van der Waals surface area contributed by atoms with Crippen molar-refractivity contribution in [2.75, 3.05) is 32.7 Å². The number of amides is 3. The first-order chi connectivity index (χ1) is 27.9. The number of ether oxygens (including phenoxy) is 3. The first kappa shape index (κ1) is 38.9. The average Bonchev–Trinajstić information content (AvgIpc) is 3.99. The summed E-state index contributed by atoms with van der Waals surface area (Å²) >= 11 is 0. The minimum atomic E-state index is -0.966. The van der Waals surface area contributed by atoms with Gasteiger partial charge in [0.15, 0.2) is 6.29 Å². The number of rotatable bonds is 13. The molecule has 11 heteroatoms. The SMILES string of the molecule is O=C(NC1CC(=O)N(Cc2cccc(-c3ccc(C4OC(CN5CCCC5CN5CCCC5)CC(c5ccc(CO)cc5)O4)cc3)c2)C1=O)OCc1ccccc1. The van der Waals surface area contributed by atoms with E-state index in [2.05, 4.69) is 39.4 Å². The van der Waals surface area contributed by atoms with Crippen molar-refractivity contribution in [3.8, 4) is 11.1 Å². The number of aliphatic hydroxyl groups is 1. The molecule has 4 heterocycles. The second-order valence-corrected chi connectivity index (χ2v) is 15.8. The number of nitrogens with zero attached hydrogens (tertiary/aromatic N) is 3. The first-order valence-corrected chi connectivity index (χ1v) is 20.4. The summed E-state index contributed by atoms with van der Waals surface area (Å²) in [5, 5.41) is 12.2. The van der Waals surface area contributed by atoms with E-state index in [-0.39, 0.29) is 44.3 Å². The van der Waals surface area contributed by atoms with Crippen LogP contribution < -0.4 is 5.32 Å². The van der Waals surface area contributed by atoms with E-state index in [1.807, 2.05) is 78.9 Å². The standard InChI is InChI=1S/C46H52N4O7/c51-30-32-13-15-36(16-14-32)42-25-40(29-49-23-7-12-39(49)28-48-21-4-5-22-48)56-45(57-42)37-19-17-35(18-20-37)38-11-6-10-34(24-38)27-50-43(52)26-41(44(50)53)47-46(54)55-31-33-8-2-1-3-9-33/h1-3,6,8-11,13-20,24,39-42,45,51H,4-5,7,12,21-23,25-31H2,(H,47,54). The number of alkyl carbamates (subject to hydrolysis) is 1. The molecule has 2 N–H and O–H groups in total. The Morgan fingerprint density at radius 3 is 2.30 bits per heavy atom. The van der Waals surface area contributed by atoms with Crippen LogP contribution in [0.2, 0.25) is 0 Å². The number of nitrogens with one attached hydrogen (secondary N) is 1. The number of likely N-dealkylation sites (tertiary alicyclic amines) is 3. The third-order valence-corrected chi connectivity index (χ3v) is 11.8. The maximum Gasteiger partial charge on any atom is 0.408 e. The summed E-state index contributed by atoms with van der Waals surface area (Å²) in [6.45, 7) is 5.68. The van der Waals surface area contributed by atoms with Crippen LogP contribution in [0.4, 0.5) is 4.79 Å². The van der Waals surface area contributed by atoms with Gasteiger partial charge >= 0.3 is 6.09 Å². The predicted molar refractivity (Wildman–Crippen MR) is 214 cm³/mol. The molecule has 0 spiro atoms. The number of aliphatic hydroxyl groups excluding tert-OH is 1. The molecule has 4 aliphatic rings. The summed E-state index contributed by atoms with van der Waals surface area (Å²) in [6, 6.07) is 32.9. The Balaban J connectivity index is 0.918. The minimum Gasteiger partial charge on any atom is -0.445 e. The maximum atomic E-state index is 13.2. The number of hydrogen-bond acceptors (Lipinski definition) is 9. The van der Waals surface area contributed by atoms with Crippen molar-refractivity contribution in [3.05, 3.63) is 131 Å². The van der Waals surface area contributed by atoms with E-state index >= 15 is 0 Å². The molecule has 3 amide bonds. The van der Waals surface area contributed by atoms with Crippen molar-refractivity contribution in [2.24, 2.45) is 0 Å². The van der Waals surface area contributed by atoms with Gasteiger partial charge in [-0.25, -0.2) is 4.79 Å². The molecule has 57 heavy (non-hydrogen) atoms. The van der Waals surface area contributed by atoms with Crippen LogP contribution in [-0.4, -0.2) is 88.6 Å². The number of benzene rings is 4. The van der Waals surface area contributed by atoms with Gasteiger partial charge in [-0.3, -0.25) is 19.4 Å². The molecule has 4 fully saturated rings. The van der Waals surface area contributed by atoms with Gasteiger partial charge < -0.3 is 29.5 Å². The normalized spacial score (nSPS) is 24.3. The third-order valence-electron chi connectivity index (χ3n) is 11.8. The van der Waals surface area contributed by atoms with E-state index in [9.17, 15) is 19.5 Å². The van der Waals surface area contributed by atoms with E-state index in [4.69, 9.17) is 14.2 Å². The summed E-state index contributed by atoms with van der Waals surface area (Å²) in [7, 11) is 0. The van der Waals surface area contributed by atoms with Crippen molar-refractivity contribution in [1.29, 1.82) is 0 Å². The van der Waals surface area contributed by atoms with Gasteiger partial charge in [0.2, 0.25) is 5.91 Å². The van der Waals surface area contributed by atoms with Gasteiger partial charge in [0.05, 0.1) is 31.8 Å². The Morgan fingerprint density at radius 1 is 0.772 bits per heavy atom. The third kappa shape index (κ3) is 9.63. The highest BCUT2D eigenvalue weighted by atomic mass is 16.7. The van der Waals surface area contributed by atoms with Gasteiger partial charge in [0.1, 0.15) is 12.6 Å². The van der Waals surface area contributed by atoms with E-state index in [0.717, 1.165) is 65.0 Å². The van der Waals surface area contributed by atoms with Gasteiger partial charge in [-0.15, -0.1) is 0 Å². The number of carbonyl (C=O) groups excluding carboxylic acids is 3. The zero-order valence-corrected chi connectivity index (χ0v) is 32.3. The van der Waals surface area contributed by atoms with Crippen LogP contribution in [0.25, 0.3) is 11.1 Å². The molecule has 8 rings (SSSR count). The monoisotopic (exact) mass is 772 g/mol. The Morgan fingerprint density at radius 2 is 1.53 bits per heavy atom. The van der Waals surface area contributed by atoms with Crippen LogP contribution in [-0.2, 0) is 43.6 Å². The van der Waals surface area contributed by atoms with Gasteiger partial charge in [0.25, 0.3) is 5.91 Å². The first-order valence-electron chi connectivity index (χ1n) is 20.4. The summed E-state index contributed by atoms with van der Waals surface area (Å²) in [4.78, 5) is 45.0. The Labute approximate surface area is 334 Å². The van der Waals surface area contributed by atoms with Gasteiger partial charge in [-0.2, -0.15) is 0 Å². The molecule has 0 bridgehead atoms. The largest absolute Gasteiger partial charge is 0.445 e. The molecule has 0 radical (unpaired) electrons. The lowest BCUT2D eigenvalue weighted by Gasteiger charge is -2.39. The van der Waals surface area contributed by atoms with Gasteiger partial charge in [0, 0.05) is 31.1 Å². The summed E-state index contributed by atoms with van der Waals surface area (Å²) in [5.41, 5.74) is 6.43. The second-order valence-electron chi connectivity index (χ2n) is 15.8. The molecule has 0 saturated carbocycles. The number of imide groups is 1. The van der Waals surface area contributed by atoms with Crippen molar-refractivity contribution in [2.45, 2.75) is 88.9 Å². The Kier molecular flexibility index (Phi) is 12.4. The van der Waals surface area contributed by atoms with Gasteiger partial charge in [-0.1, -0.05) is 97.1 Å². The molecule has 5 unspecified atom stereocenters. The van der Waals surface area contributed by atoms with Crippen molar-refractivity contribution in [3.63, 3.8) is 0 Å². The second kappa shape index (κ2) is 18.1. The zero-order valence-electron chi connectivity index (χ0n) is 32.3. The summed E-state index contributed by atoms with van der Waals surface area (Å²) in [6.07, 6.45) is 4.25. The molecule has 11 nitrogen and oxygen atoms in total. The average molecular weight is 773 g/mol. The Hall–Kier alpha value is -4.91. The van der Waals surface area contributed by atoms with Crippen LogP contribution >= 0.6 is 0 Å². The van der Waals surface area contributed by atoms with Crippen LogP contribution in [0, 0.1) is 0 Å². The molecule has 4 aromatic carbocycles.